The molecule has 1 aromatic carbocycles. The molecule has 0 aliphatic heterocycles. The zero-order valence-electron chi connectivity index (χ0n) is 11.8. The largest absolute Gasteiger partial charge is 0.294 e. The van der Waals surface area contributed by atoms with Crippen molar-refractivity contribution in [1.82, 2.24) is 0 Å². The summed E-state index contributed by atoms with van der Waals surface area (Å²) in [5.74, 6) is 1.22. The van der Waals surface area contributed by atoms with Crippen LogP contribution in [0.5, 0.6) is 0 Å². The molecular formula is C17H24O. The summed E-state index contributed by atoms with van der Waals surface area (Å²) in [6.45, 7) is 6.51. The molecule has 0 heterocycles. The van der Waals surface area contributed by atoms with E-state index in [0.717, 1.165) is 24.8 Å². The highest BCUT2D eigenvalue weighted by Crippen LogP contribution is 2.34. The van der Waals surface area contributed by atoms with E-state index in [-0.39, 0.29) is 5.92 Å². The van der Waals surface area contributed by atoms with Gasteiger partial charge in [0.05, 0.1) is 0 Å². The first-order valence-electron chi connectivity index (χ1n) is 7.33. The minimum atomic E-state index is 0.266. The number of hydrogen-bond donors (Lipinski definition) is 0. The van der Waals surface area contributed by atoms with E-state index < -0.39 is 0 Å². The summed E-state index contributed by atoms with van der Waals surface area (Å²) < 4.78 is 0. The molecular weight excluding hydrogens is 220 g/mol. The summed E-state index contributed by atoms with van der Waals surface area (Å²) in [6.07, 6.45) is 5.47. The van der Waals surface area contributed by atoms with Gasteiger partial charge in [-0.15, -0.1) is 0 Å². The van der Waals surface area contributed by atoms with Crippen LogP contribution in [-0.2, 0) is 12.8 Å². The van der Waals surface area contributed by atoms with Gasteiger partial charge in [0.2, 0.25) is 0 Å². The summed E-state index contributed by atoms with van der Waals surface area (Å²) in [7, 11) is 0. The smallest absolute Gasteiger partial charge is 0.166 e. The fraction of sp³-hybridized carbons (Fsp3) is 0.588. The van der Waals surface area contributed by atoms with Crippen LogP contribution in [0.3, 0.4) is 0 Å². The molecule has 0 radical (unpaired) electrons. The van der Waals surface area contributed by atoms with Crippen molar-refractivity contribution in [2.24, 2.45) is 11.8 Å². The Morgan fingerprint density at radius 3 is 2.56 bits per heavy atom. The summed E-state index contributed by atoms with van der Waals surface area (Å²) in [5, 5.41) is 0. The number of rotatable bonds is 4. The van der Waals surface area contributed by atoms with Gasteiger partial charge < -0.3 is 0 Å². The second-order valence-electron chi connectivity index (χ2n) is 5.58. The highest BCUT2D eigenvalue weighted by atomic mass is 16.1. The maximum absolute atomic E-state index is 12.7. The van der Waals surface area contributed by atoms with E-state index in [2.05, 4.69) is 39.0 Å². The Morgan fingerprint density at radius 1 is 1.22 bits per heavy atom. The molecule has 1 fully saturated rings. The van der Waals surface area contributed by atoms with Crippen molar-refractivity contribution < 1.29 is 4.79 Å². The Morgan fingerprint density at radius 2 is 2.00 bits per heavy atom. The average Bonchev–Trinajstić information content (AvgIpc) is 2.83. The van der Waals surface area contributed by atoms with Crippen LogP contribution in [0.25, 0.3) is 0 Å². The highest BCUT2D eigenvalue weighted by Gasteiger charge is 2.31. The number of hydrogen-bond acceptors (Lipinski definition) is 1. The number of aryl methyl sites for hydroxylation is 2. The second-order valence-corrected chi connectivity index (χ2v) is 5.58. The average molecular weight is 244 g/mol. The van der Waals surface area contributed by atoms with Crippen molar-refractivity contribution in [1.29, 1.82) is 0 Å². The third kappa shape index (κ3) is 2.50. The van der Waals surface area contributed by atoms with Crippen molar-refractivity contribution in [3.63, 3.8) is 0 Å². The van der Waals surface area contributed by atoms with Crippen LogP contribution >= 0.6 is 0 Å². The fourth-order valence-electron chi connectivity index (χ4n) is 3.12. The standard InChI is InChI=1S/C17H24O/c1-4-13-9-10-14(5-2)16(11-13)17(18)15-8-6-7-12(15)3/h9-12,15H,4-8H2,1-3H3. The van der Waals surface area contributed by atoms with Crippen LogP contribution in [0, 0.1) is 11.8 Å². The third-order valence-corrected chi connectivity index (χ3v) is 4.43. The molecule has 0 saturated heterocycles. The predicted molar refractivity (Wildman–Crippen MR) is 76.0 cm³/mol. The number of ketones is 1. The number of carbonyl (C=O) groups is 1. The summed E-state index contributed by atoms with van der Waals surface area (Å²) in [6, 6.07) is 6.44. The summed E-state index contributed by atoms with van der Waals surface area (Å²) in [4.78, 5) is 12.7. The zero-order valence-corrected chi connectivity index (χ0v) is 11.8. The minimum Gasteiger partial charge on any atom is -0.294 e. The van der Waals surface area contributed by atoms with Crippen LogP contribution in [0.2, 0.25) is 0 Å². The molecule has 1 saturated carbocycles. The molecule has 2 rings (SSSR count). The van der Waals surface area contributed by atoms with E-state index in [4.69, 9.17) is 0 Å². The fourth-order valence-corrected chi connectivity index (χ4v) is 3.12. The van der Waals surface area contributed by atoms with Gasteiger partial charge in [-0.3, -0.25) is 4.79 Å². The van der Waals surface area contributed by atoms with E-state index in [1.165, 1.54) is 24.0 Å². The molecule has 1 aliphatic rings. The van der Waals surface area contributed by atoms with Gasteiger partial charge in [-0.25, -0.2) is 0 Å². The molecule has 1 aromatic rings. The van der Waals surface area contributed by atoms with Gasteiger partial charge in [0.15, 0.2) is 5.78 Å². The van der Waals surface area contributed by atoms with Crippen molar-refractivity contribution in [2.75, 3.05) is 0 Å². The molecule has 98 valence electrons. The Bertz CT molecular complexity index is 433. The van der Waals surface area contributed by atoms with E-state index in [0.29, 0.717) is 11.7 Å². The van der Waals surface area contributed by atoms with Gasteiger partial charge >= 0.3 is 0 Å². The SMILES string of the molecule is CCc1ccc(CC)c(C(=O)C2CCCC2C)c1. The van der Waals surface area contributed by atoms with Crippen LogP contribution in [-0.4, -0.2) is 5.78 Å². The molecule has 0 amide bonds. The second kappa shape index (κ2) is 5.69. The lowest BCUT2D eigenvalue weighted by molar-refractivity contribution is 0.0896. The minimum absolute atomic E-state index is 0.266. The first kappa shape index (κ1) is 13.3. The topological polar surface area (TPSA) is 17.1 Å². The lowest BCUT2D eigenvalue weighted by atomic mass is 9.86. The maximum atomic E-state index is 12.7. The van der Waals surface area contributed by atoms with Gasteiger partial charge in [0.1, 0.15) is 0 Å². The Kier molecular flexibility index (Phi) is 4.21. The predicted octanol–water partition coefficient (Wildman–Crippen LogP) is 4.43. The van der Waals surface area contributed by atoms with Crippen LogP contribution in [0.15, 0.2) is 18.2 Å². The van der Waals surface area contributed by atoms with Gasteiger partial charge in [-0.05, 0) is 48.8 Å². The quantitative estimate of drug-likeness (QED) is 0.716. The molecule has 2 atom stereocenters. The Balaban J connectivity index is 2.33. The molecule has 1 aliphatic carbocycles. The lowest BCUT2D eigenvalue weighted by Crippen LogP contribution is -2.19. The molecule has 1 heteroatoms. The van der Waals surface area contributed by atoms with Crippen LogP contribution in [0.1, 0.15) is 61.5 Å². The van der Waals surface area contributed by atoms with Crippen molar-refractivity contribution >= 4 is 5.78 Å². The number of carbonyl (C=O) groups excluding carboxylic acids is 1. The van der Waals surface area contributed by atoms with Crippen molar-refractivity contribution in [2.45, 2.75) is 52.9 Å². The number of Topliss-reactive ketones (excluding diaryl/α,β-unsaturated/α-hetero) is 1. The van der Waals surface area contributed by atoms with E-state index in [1.54, 1.807) is 0 Å². The van der Waals surface area contributed by atoms with E-state index >= 15 is 0 Å². The van der Waals surface area contributed by atoms with Gasteiger partial charge in [-0.1, -0.05) is 39.3 Å². The first-order valence-corrected chi connectivity index (χ1v) is 7.33. The Labute approximate surface area is 111 Å². The normalized spacial score (nSPS) is 23.3. The summed E-state index contributed by atoms with van der Waals surface area (Å²) >= 11 is 0. The van der Waals surface area contributed by atoms with Gasteiger partial charge in [-0.2, -0.15) is 0 Å². The highest BCUT2D eigenvalue weighted by molar-refractivity contribution is 5.99. The monoisotopic (exact) mass is 244 g/mol. The van der Waals surface area contributed by atoms with Crippen LogP contribution < -0.4 is 0 Å². The first-order chi connectivity index (χ1) is 8.67. The lowest BCUT2D eigenvalue weighted by Gasteiger charge is -2.17. The van der Waals surface area contributed by atoms with Gasteiger partial charge in [0.25, 0.3) is 0 Å². The molecule has 2 unspecified atom stereocenters. The molecule has 0 spiro atoms. The maximum Gasteiger partial charge on any atom is 0.166 e. The third-order valence-electron chi connectivity index (χ3n) is 4.43. The van der Waals surface area contributed by atoms with Crippen LogP contribution in [0.4, 0.5) is 0 Å². The molecule has 0 bridgehead atoms. The van der Waals surface area contributed by atoms with Gasteiger partial charge in [0, 0.05) is 11.5 Å². The summed E-state index contributed by atoms with van der Waals surface area (Å²) in [5.41, 5.74) is 3.49. The molecule has 18 heavy (non-hydrogen) atoms. The van der Waals surface area contributed by atoms with E-state index in [9.17, 15) is 4.79 Å². The van der Waals surface area contributed by atoms with Crippen molar-refractivity contribution in [3.05, 3.63) is 34.9 Å². The molecule has 0 N–H and O–H groups in total. The number of benzene rings is 1. The molecule has 1 nitrogen and oxygen atoms in total. The van der Waals surface area contributed by atoms with Crippen molar-refractivity contribution in [3.8, 4) is 0 Å². The zero-order chi connectivity index (χ0) is 13.1. The Hall–Kier alpha value is -1.11. The molecule has 0 aromatic heterocycles. The van der Waals surface area contributed by atoms with E-state index in [1.807, 2.05) is 0 Å².